The summed E-state index contributed by atoms with van der Waals surface area (Å²) in [7, 11) is 0. The molecule has 23 heavy (non-hydrogen) atoms. The van der Waals surface area contributed by atoms with Gasteiger partial charge in [-0.15, -0.1) is 5.75 Å². The van der Waals surface area contributed by atoms with Gasteiger partial charge in [-0.2, -0.15) is 0 Å². The van der Waals surface area contributed by atoms with E-state index in [4.69, 9.17) is 0 Å². The number of aliphatic carboxylic acids is 1. The number of hydrogen-bond acceptors (Lipinski definition) is 5. The van der Waals surface area contributed by atoms with Crippen molar-refractivity contribution >= 4 is 25.8 Å². The zero-order chi connectivity index (χ0) is 16.2. The second-order valence-corrected chi connectivity index (χ2v) is 5.47. The molecule has 5 nitrogen and oxygen atoms in total. The SMILES string of the molecule is O=C([O-])CCCCCCCCCNC([O-])c1ccccc1[O-].[Ga+3]. The first-order valence-electron chi connectivity index (χ1n) is 7.96. The number of nitrogens with one attached hydrogen (secondary N) is 1. The van der Waals surface area contributed by atoms with Crippen LogP contribution < -0.4 is 20.6 Å². The fourth-order valence-corrected chi connectivity index (χ4v) is 2.32. The molecule has 1 rings (SSSR count). The van der Waals surface area contributed by atoms with Gasteiger partial charge >= 0.3 is 19.8 Å². The maximum Gasteiger partial charge on any atom is 3.00 e. The Bertz CT molecular complexity index is 442. The van der Waals surface area contributed by atoms with E-state index >= 15 is 0 Å². The first-order chi connectivity index (χ1) is 10.6. The van der Waals surface area contributed by atoms with E-state index in [-0.39, 0.29) is 37.5 Å². The number of carboxylic acid groups (broad SMARTS) is 1. The molecule has 0 spiro atoms. The van der Waals surface area contributed by atoms with Gasteiger partial charge in [-0.05, 0) is 32.0 Å². The standard InChI is InChI=1S/C17H26NO4.Ga/c19-15-11-8-7-10-14(15)17(22)18-13-9-5-3-1-2-4-6-12-16(20)21;/h7-8,10-11,17-19H,1-6,9,12-13H2,(H,20,21);/q-1;+3/p-2. The van der Waals surface area contributed by atoms with Crippen LogP contribution in [0.25, 0.3) is 0 Å². The topological polar surface area (TPSA) is 98.3 Å². The number of carbonyl (C=O) groups excluding carboxylic acids is 1. The summed E-state index contributed by atoms with van der Waals surface area (Å²) in [6.07, 6.45) is 5.73. The average Bonchev–Trinajstić information content (AvgIpc) is 2.49. The van der Waals surface area contributed by atoms with Gasteiger partial charge in [-0.1, -0.05) is 61.9 Å². The van der Waals surface area contributed by atoms with Gasteiger partial charge in [-0.25, -0.2) is 0 Å². The van der Waals surface area contributed by atoms with Gasteiger partial charge in [0.05, 0.1) is 0 Å². The van der Waals surface area contributed by atoms with E-state index in [2.05, 4.69) is 5.32 Å². The van der Waals surface area contributed by atoms with Crippen LogP contribution in [-0.4, -0.2) is 32.3 Å². The number of carbonyl (C=O) groups is 1. The molecule has 1 N–H and O–H groups in total. The molecule has 0 aromatic heterocycles. The molecule has 1 aromatic rings. The van der Waals surface area contributed by atoms with Gasteiger partial charge in [0.15, 0.2) is 0 Å². The van der Waals surface area contributed by atoms with Crippen molar-refractivity contribution in [2.45, 2.75) is 57.6 Å². The largest absolute Gasteiger partial charge is 3.00 e. The van der Waals surface area contributed by atoms with Crippen molar-refractivity contribution in [2.75, 3.05) is 6.54 Å². The number of rotatable bonds is 12. The van der Waals surface area contributed by atoms with Gasteiger partial charge in [-0.3, -0.25) is 0 Å². The van der Waals surface area contributed by atoms with Crippen molar-refractivity contribution in [1.29, 1.82) is 0 Å². The Kier molecular flexibility index (Phi) is 12.9. The Labute approximate surface area is 151 Å². The molecule has 0 heterocycles. The summed E-state index contributed by atoms with van der Waals surface area (Å²) >= 11 is 0. The van der Waals surface area contributed by atoms with Crippen molar-refractivity contribution < 1.29 is 20.1 Å². The monoisotopic (exact) mass is 375 g/mol. The molecule has 0 amide bonds. The van der Waals surface area contributed by atoms with Crippen LogP contribution in [0, 0.1) is 0 Å². The van der Waals surface area contributed by atoms with E-state index in [9.17, 15) is 20.1 Å². The summed E-state index contributed by atoms with van der Waals surface area (Å²) in [5, 5.41) is 36.4. The van der Waals surface area contributed by atoms with Crippen molar-refractivity contribution in [3.05, 3.63) is 29.8 Å². The third kappa shape index (κ3) is 10.4. The fraction of sp³-hybridized carbons (Fsp3) is 0.588. The van der Waals surface area contributed by atoms with E-state index in [1.165, 1.54) is 6.07 Å². The summed E-state index contributed by atoms with van der Waals surface area (Å²) in [6, 6.07) is 6.30. The number of hydrogen-bond donors (Lipinski definition) is 1. The van der Waals surface area contributed by atoms with E-state index in [0.717, 1.165) is 38.5 Å². The molecule has 1 atom stereocenters. The minimum absolute atomic E-state index is 0. The second kappa shape index (κ2) is 13.5. The van der Waals surface area contributed by atoms with Gasteiger partial charge < -0.3 is 25.4 Å². The third-order valence-electron chi connectivity index (χ3n) is 3.59. The van der Waals surface area contributed by atoms with Crippen molar-refractivity contribution in [2.24, 2.45) is 0 Å². The molecule has 124 valence electrons. The van der Waals surface area contributed by atoms with Gasteiger partial charge in [0.25, 0.3) is 0 Å². The Balaban J connectivity index is 0.00000484. The predicted molar refractivity (Wildman–Crippen MR) is 84.3 cm³/mol. The molecular weight excluding hydrogens is 352 g/mol. The summed E-state index contributed by atoms with van der Waals surface area (Å²) in [6.45, 7) is 0.604. The maximum atomic E-state index is 11.8. The Morgan fingerprint density at radius 2 is 1.57 bits per heavy atom. The smallest absolute Gasteiger partial charge is 0.872 e. The van der Waals surface area contributed by atoms with Crippen LogP contribution in [0.3, 0.4) is 0 Å². The Morgan fingerprint density at radius 3 is 2.17 bits per heavy atom. The van der Waals surface area contributed by atoms with Crippen LogP contribution in [0.1, 0.15) is 63.2 Å². The van der Waals surface area contributed by atoms with Crippen LogP contribution in [0.5, 0.6) is 5.75 Å². The summed E-state index contributed by atoms with van der Waals surface area (Å²) in [5.41, 5.74) is 0.274. The number of para-hydroxylation sites is 1. The predicted octanol–water partition coefficient (Wildman–Crippen LogP) is 0.199. The second-order valence-electron chi connectivity index (χ2n) is 5.47. The van der Waals surface area contributed by atoms with Crippen molar-refractivity contribution in [1.82, 2.24) is 5.32 Å². The van der Waals surface area contributed by atoms with Gasteiger partial charge in [0.2, 0.25) is 0 Å². The molecule has 1 aromatic carbocycles. The van der Waals surface area contributed by atoms with Gasteiger partial charge in [0, 0.05) is 5.97 Å². The molecule has 0 saturated heterocycles. The Hall–Kier alpha value is -0.954. The molecule has 0 aliphatic rings. The van der Waals surface area contributed by atoms with Crippen molar-refractivity contribution in [3.63, 3.8) is 0 Å². The van der Waals surface area contributed by atoms with Crippen LogP contribution >= 0.6 is 0 Å². The molecule has 0 aliphatic carbocycles. The maximum absolute atomic E-state index is 11.8. The zero-order valence-electron chi connectivity index (χ0n) is 13.5. The van der Waals surface area contributed by atoms with Crippen LogP contribution in [-0.2, 0) is 4.79 Å². The first kappa shape index (κ1) is 22.0. The molecule has 0 bridgehead atoms. The molecule has 0 saturated carbocycles. The van der Waals surface area contributed by atoms with Crippen molar-refractivity contribution in [3.8, 4) is 5.75 Å². The molecule has 0 aliphatic heterocycles. The number of carboxylic acids is 1. The minimum Gasteiger partial charge on any atom is -0.872 e. The van der Waals surface area contributed by atoms with E-state index in [0.29, 0.717) is 13.0 Å². The van der Waals surface area contributed by atoms with Gasteiger partial charge in [0.1, 0.15) is 0 Å². The molecule has 0 radical (unpaired) electrons. The molecule has 0 fully saturated rings. The first-order valence-corrected chi connectivity index (χ1v) is 7.96. The third-order valence-corrected chi connectivity index (χ3v) is 3.59. The molecular formula is C17H24GaNO4. The summed E-state index contributed by atoms with van der Waals surface area (Å²) in [5.74, 6) is -1.19. The Morgan fingerprint density at radius 1 is 1.00 bits per heavy atom. The summed E-state index contributed by atoms with van der Waals surface area (Å²) in [4.78, 5) is 10.2. The van der Waals surface area contributed by atoms with E-state index in [1.54, 1.807) is 18.2 Å². The van der Waals surface area contributed by atoms with Crippen LogP contribution in [0.2, 0.25) is 0 Å². The van der Waals surface area contributed by atoms with E-state index < -0.39 is 12.2 Å². The molecule has 1 unspecified atom stereocenters. The number of unbranched alkanes of at least 4 members (excludes halogenated alkanes) is 6. The van der Waals surface area contributed by atoms with E-state index in [1.807, 2.05) is 0 Å². The minimum atomic E-state index is -1.15. The van der Waals surface area contributed by atoms with Crippen LogP contribution in [0.4, 0.5) is 0 Å². The quantitative estimate of drug-likeness (QED) is 0.319. The summed E-state index contributed by atoms with van der Waals surface area (Å²) < 4.78 is 0. The zero-order valence-corrected chi connectivity index (χ0v) is 15.9. The average molecular weight is 376 g/mol. The number of benzene rings is 1. The normalized spacial score (nSPS) is 11.7. The van der Waals surface area contributed by atoms with Crippen LogP contribution in [0.15, 0.2) is 24.3 Å². The fourth-order valence-electron chi connectivity index (χ4n) is 2.32. The molecule has 6 heteroatoms.